The SMILES string of the molecule is CC(CCO)CNC(=O)c1cc2cc(Br)ccc2[nH]1. The van der Waals surface area contributed by atoms with E-state index in [1.807, 2.05) is 31.2 Å². The van der Waals surface area contributed by atoms with Crippen LogP contribution in [0.3, 0.4) is 0 Å². The lowest BCUT2D eigenvalue weighted by Crippen LogP contribution is -2.28. The molecule has 5 heteroatoms. The zero-order chi connectivity index (χ0) is 13.8. The summed E-state index contributed by atoms with van der Waals surface area (Å²) in [4.78, 5) is 15.1. The zero-order valence-electron chi connectivity index (χ0n) is 10.7. The van der Waals surface area contributed by atoms with E-state index in [2.05, 4.69) is 26.2 Å². The van der Waals surface area contributed by atoms with Gasteiger partial charge in [0.25, 0.3) is 5.91 Å². The van der Waals surface area contributed by atoms with Crippen LogP contribution >= 0.6 is 15.9 Å². The molecule has 2 aromatic rings. The number of benzene rings is 1. The van der Waals surface area contributed by atoms with Crippen molar-refractivity contribution in [1.29, 1.82) is 0 Å². The Morgan fingerprint density at radius 3 is 3.00 bits per heavy atom. The van der Waals surface area contributed by atoms with E-state index < -0.39 is 0 Å². The van der Waals surface area contributed by atoms with Crippen molar-refractivity contribution in [1.82, 2.24) is 10.3 Å². The topological polar surface area (TPSA) is 65.1 Å². The van der Waals surface area contributed by atoms with Crippen molar-refractivity contribution in [3.05, 3.63) is 34.4 Å². The van der Waals surface area contributed by atoms with Gasteiger partial charge in [-0.1, -0.05) is 22.9 Å². The van der Waals surface area contributed by atoms with Crippen molar-refractivity contribution in [2.45, 2.75) is 13.3 Å². The summed E-state index contributed by atoms with van der Waals surface area (Å²) < 4.78 is 0.988. The first-order valence-corrected chi connectivity index (χ1v) is 7.07. The molecule has 3 N–H and O–H groups in total. The van der Waals surface area contributed by atoms with Crippen LogP contribution in [-0.4, -0.2) is 29.1 Å². The standard InChI is InChI=1S/C14H17BrN2O2/c1-9(4-5-18)8-16-14(19)13-7-10-6-11(15)2-3-12(10)17-13/h2-3,6-7,9,17-18H,4-5,8H2,1H3,(H,16,19). The van der Waals surface area contributed by atoms with Gasteiger partial charge in [-0.05, 0) is 36.6 Å². The van der Waals surface area contributed by atoms with Crippen molar-refractivity contribution in [2.24, 2.45) is 5.92 Å². The quantitative estimate of drug-likeness (QED) is 0.791. The summed E-state index contributed by atoms with van der Waals surface area (Å²) in [5.41, 5.74) is 1.50. The molecule has 0 saturated heterocycles. The number of hydrogen-bond acceptors (Lipinski definition) is 2. The Morgan fingerprint density at radius 2 is 2.26 bits per heavy atom. The smallest absolute Gasteiger partial charge is 0.267 e. The van der Waals surface area contributed by atoms with E-state index in [0.29, 0.717) is 18.7 Å². The van der Waals surface area contributed by atoms with Crippen LogP contribution < -0.4 is 5.32 Å². The largest absolute Gasteiger partial charge is 0.396 e. The van der Waals surface area contributed by atoms with Gasteiger partial charge in [0.1, 0.15) is 5.69 Å². The molecule has 19 heavy (non-hydrogen) atoms. The first-order chi connectivity index (χ1) is 9.10. The molecule has 1 aromatic carbocycles. The van der Waals surface area contributed by atoms with Gasteiger partial charge >= 0.3 is 0 Å². The van der Waals surface area contributed by atoms with Gasteiger partial charge in [-0.25, -0.2) is 0 Å². The molecule has 1 atom stereocenters. The van der Waals surface area contributed by atoms with Crippen LogP contribution in [-0.2, 0) is 0 Å². The van der Waals surface area contributed by atoms with E-state index in [1.54, 1.807) is 0 Å². The molecule has 0 aliphatic heterocycles. The van der Waals surface area contributed by atoms with Crippen LogP contribution in [0.1, 0.15) is 23.8 Å². The average molecular weight is 325 g/mol. The van der Waals surface area contributed by atoms with Crippen molar-refractivity contribution in [3.63, 3.8) is 0 Å². The molecule has 1 heterocycles. The van der Waals surface area contributed by atoms with Crippen LogP contribution in [0.4, 0.5) is 0 Å². The molecule has 102 valence electrons. The average Bonchev–Trinajstić information content (AvgIpc) is 2.79. The second kappa shape index (κ2) is 6.21. The number of H-pyrrole nitrogens is 1. The maximum Gasteiger partial charge on any atom is 0.267 e. The van der Waals surface area contributed by atoms with E-state index in [1.165, 1.54) is 0 Å². The van der Waals surface area contributed by atoms with Gasteiger partial charge in [0.2, 0.25) is 0 Å². The van der Waals surface area contributed by atoms with Crippen molar-refractivity contribution < 1.29 is 9.90 Å². The van der Waals surface area contributed by atoms with Gasteiger partial charge in [0.15, 0.2) is 0 Å². The van der Waals surface area contributed by atoms with E-state index in [-0.39, 0.29) is 18.4 Å². The maximum atomic E-state index is 12.0. The Morgan fingerprint density at radius 1 is 1.47 bits per heavy atom. The lowest BCUT2D eigenvalue weighted by atomic mass is 10.1. The first-order valence-electron chi connectivity index (χ1n) is 6.27. The van der Waals surface area contributed by atoms with Crippen LogP contribution in [0, 0.1) is 5.92 Å². The third kappa shape index (κ3) is 3.58. The molecule has 0 radical (unpaired) electrons. The number of hydrogen-bond donors (Lipinski definition) is 3. The molecule has 1 aromatic heterocycles. The maximum absolute atomic E-state index is 12.0. The van der Waals surface area contributed by atoms with E-state index in [9.17, 15) is 4.79 Å². The van der Waals surface area contributed by atoms with Crippen molar-refractivity contribution in [3.8, 4) is 0 Å². The molecule has 0 saturated carbocycles. The minimum absolute atomic E-state index is 0.114. The summed E-state index contributed by atoms with van der Waals surface area (Å²) in [6.07, 6.45) is 0.694. The van der Waals surface area contributed by atoms with Gasteiger partial charge < -0.3 is 15.4 Å². The van der Waals surface area contributed by atoms with E-state index in [0.717, 1.165) is 15.4 Å². The normalized spacial score (nSPS) is 12.6. The Kier molecular flexibility index (Phi) is 4.61. The summed E-state index contributed by atoms with van der Waals surface area (Å²) in [5.74, 6) is 0.157. The number of halogens is 1. The van der Waals surface area contributed by atoms with Crippen LogP contribution in [0.2, 0.25) is 0 Å². The number of aromatic nitrogens is 1. The molecule has 0 bridgehead atoms. The number of carbonyl (C=O) groups excluding carboxylic acids is 1. The summed E-state index contributed by atoms with van der Waals surface area (Å²) in [6.45, 7) is 2.72. The van der Waals surface area contributed by atoms with Gasteiger partial charge in [0, 0.05) is 28.5 Å². The van der Waals surface area contributed by atoms with E-state index in [4.69, 9.17) is 5.11 Å². The highest BCUT2D eigenvalue weighted by Gasteiger charge is 2.10. The number of rotatable bonds is 5. The Labute approximate surface area is 120 Å². The lowest BCUT2D eigenvalue weighted by molar-refractivity contribution is 0.0941. The summed E-state index contributed by atoms with van der Waals surface area (Å²) in [7, 11) is 0. The van der Waals surface area contributed by atoms with Crippen molar-refractivity contribution in [2.75, 3.05) is 13.2 Å². The van der Waals surface area contributed by atoms with Crippen LogP contribution in [0.5, 0.6) is 0 Å². The van der Waals surface area contributed by atoms with Gasteiger partial charge in [-0.3, -0.25) is 4.79 Å². The third-order valence-electron chi connectivity index (χ3n) is 3.06. The highest BCUT2D eigenvalue weighted by atomic mass is 79.9. The molecular formula is C14H17BrN2O2. The molecule has 1 unspecified atom stereocenters. The number of aromatic amines is 1. The molecule has 0 spiro atoms. The van der Waals surface area contributed by atoms with Crippen molar-refractivity contribution >= 4 is 32.7 Å². The summed E-state index contributed by atoms with van der Waals surface area (Å²) >= 11 is 3.41. The van der Waals surface area contributed by atoms with Gasteiger partial charge in [-0.15, -0.1) is 0 Å². The highest BCUT2D eigenvalue weighted by Crippen LogP contribution is 2.20. The lowest BCUT2D eigenvalue weighted by Gasteiger charge is -2.10. The zero-order valence-corrected chi connectivity index (χ0v) is 12.3. The third-order valence-corrected chi connectivity index (χ3v) is 3.55. The second-order valence-corrected chi connectivity index (χ2v) is 5.66. The molecule has 0 fully saturated rings. The van der Waals surface area contributed by atoms with Gasteiger partial charge in [-0.2, -0.15) is 0 Å². The number of amides is 1. The fourth-order valence-electron chi connectivity index (χ4n) is 1.91. The Bertz CT molecular complexity index is 580. The minimum atomic E-state index is -0.114. The predicted molar refractivity (Wildman–Crippen MR) is 79.2 cm³/mol. The molecule has 0 aliphatic rings. The second-order valence-electron chi connectivity index (χ2n) is 4.74. The number of aliphatic hydroxyl groups is 1. The van der Waals surface area contributed by atoms with Gasteiger partial charge in [0.05, 0.1) is 0 Å². The fourth-order valence-corrected chi connectivity index (χ4v) is 2.29. The Balaban J connectivity index is 2.05. The monoisotopic (exact) mass is 324 g/mol. The molecule has 0 aliphatic carbocycles. The predicted octanol–water partition coefficient (Wildman–Crippen LogP) is 2.68. The first kappa shape index (κ1) is 14.1. The van der Waals surface area contributed by atoms with Crippen LogP contribution in [0.25, 0.3) is 10.9 Å². The minimum Gasteiger partial charge on any atom is -0.396 e. The number of aliphatic hydroxyl groups excluding tert-OH is 1. The van der Waals surface area contributed by atoms with Crippen LogP contribution in [0.15, 0.2) is 28.7 Å². The summed E-state index contributed by atoms with van der Waals surface area (Å²) in [6, 6.07) is 7.68. The molecule has 2 rings (SSSR count). The molecule has 4 nitrogen and oxygen atoms in total. The number of nitrogens with one attached hydrogen (secondary N) is 2. The molecular weight excluding hydrogens is 308 g/mol. The number of fused-ring (bicyclic) bond motifs is 1. The number of carbonyl (C=O) groups is 1. The summed E-state index contributed by atoms with van der Waals surface area (Å²) in [5, 5.41) is 12.7. The Hall–Kier alpha value is -1.33. The van der Waals surface area contributed by atoms with E-state index >= 15 is 0 Å². The molecule has 1 amide bonds. The highest BCUT2D eigenvalue weighted by molar-refractivity contribution is 9.10. The fraction of sp³-hybridized carbons (Fsp3) is 0.357.